The van der Waals surface area contributed by atoms with E-state index in [0.29, 0.717) is 23.9 Å². The van der Waals surface area contributed by atoms with Gasteiger partial charge >= 0.3 is 0 Å². The highest BCUT2D eigenvalue weighted by molar-refractivity contribution is 5.21. The summed E-state index contributed by atoms with van der Waals surface area (Å²) in [7, 11) is 0. The van der Waals surface area contributed by atoms with Gasteiger partial charge in [0.2, 0.25) is 0 Å². The zero-order valence-corrected chi connectivity index (χ0v) is 16.3. The Morgan fingerprint density at radius 3 is 2.36 bits per heavy atom. The molecular weight excluding hydrogens is 356 g/mol. The van der Waals surface area contributed by atoms with Crippen LogP contribution in [0.15, 0.2) is 48.3 Å². The van der Waals surface area contributed by atoms with Crippen LogP contribution in [0.5, 0.6) is 0 Å². The van der Waals surface area contributed by atoms with E-state index < -0.39 is 5.83 Å². The van der Waals surface area contributed by atoms with E-state index in [4.69, 9.17) is 10.00 Å². The molecule has 0 aromatic heterocycles. The molecule has 0 bridgehead atoms. The van der Waals surface area contributed by atoms with Crippen LogP contribution in [0.1, 0.15) is 62.8 Å². The summed E-state index contributed by atoms with van der Waals surface area (Å²) in [5.41, 5.74) is 1.26. The number of nitrogens with zero attached hydrogens (tertiary/aromatic N) is 1. The van der Waals surface area contributed by atoms with Crippen molar-refractivity contribution in [2.24, 2.45) is 11.8 Å². The minimum atomic E-state index is -0.748. The second-order valence-electron chi connectivity index (χ2n) is 8.15. The van der Waals surface area contributed by atoms with Gasteiger partial charge in [0.15, 0.2) is 5.83 Å². The molecule has 2 nitrogen and oxygen atoms in total. The van der Waals surface area contributed by atoms with Crippen molar-refractivity contribution in [2.45, 2.75) is 63.4 Å². The molecule has 0 unspecified atom stereocenters. The van der Waals surface area contributed by atoms with E-state index in [1.165, 1.54) is 30.6 Å². The highest BCUT2D eigenvalue weighted by atomic mass is 19.1. The maximum Gasteiger partial charge on any atom is 0.199 e. The van der Waals surface area contributed by atoms with Crippen LogP contribution in [0, 0.1) is 29.0 Å². The third-order valence-corrected chi connectivity index (χ3v) is 6.21. The molecular formula is C24H29F2NO. The van der Waals surface area contributed by atoms with Gasteiger partial charge in [-0.05, 0) is 92.9 Å². The molecule has 0 aliphatic heterocycles. The molecule has 0 N–H and O–H groups in total. The van der Waals surface area contributed by atoms with Crippen LogP contribution in [0.4, 0.5) is 8.78 Å². The number of nitriles is 1. The summed E-state index contributed by atoms with van der Waals surface area (Å²) in [5, 5.41) is 8.40. The first-order valence-corrected chi connectivity index (χ1v) is 10.4. The van der Waals surface area contributed by atoms with Gasteiger partial charge in [-0.2, -0.15) is 9.65 Å². The van der Waals surface area contributed by atoms with E-state index in [0.717, 1.165) is 45.1 Å². The minimum absolute atomic E-state index is 0.165. The highest BCUT2D eigenvalue weighted by Crippen LogP contribution is 2.36. The van der Waals surface area contributed by atoms with E-state index in [1.54, 1.807) is 18.2 Å². The molecule has 2 saturated carbocycles. The Hall–Kier alpha value is -1.99. The maximum atomic E-state index is 13.1. The van der Waals surface area contributed by atoms with E-state index in [9.17, 15) is 8.78 Å². The van der Waals surface area contributed by atoms with E-state index in [-0.39, 0.29) is 5.82 Å². The Kier molecular flexibility index (Phi) is 7.80. The molecule has 1 aromatic carbocycles. The Balaban J connectivity index is 1.33. The lowest BCUT2D eigenvalue weighted by molar-refractivity contribution is -0.00456. The second-order valence-corrected chi connectivity index (χ2v) is 8.15. The molecule has 0 spiro atoms. The lowest BCUT2D eigenvalue weighted by Crippen LogP contribution is -2.25. The summed E-state index contributed by atoms with van der Waals surface area (Å²) in [6.45, 7) is 0.845. The average molecular weight is 385 g/mol. The fourth-order valence-corrected chi connectivity index (χ4v) is 4.45. The van der Waals surface area contributed by atoms with Gasteiger partial charge in [-0.15, -0.1) is 0 Å². The normalized spacial score (nSPS) is 29.0. The Morgan fingerprint density at radius 2 is 1.71 bits per heavy atom. The standard InChI is InChI=1S/C24H29F2NO/c25-22-12-10-21(11-13-22)20-8-4-19(5-9-20)17-28-24-14-6-18(7-15-24)2-1-3-23(26)16-27/h1-3,10-13,18-20,24H,4-9,14-15,17H2. The first-order valence-electron chi connectivity index (χ1n) is 10.4. The van der Waals surface area contributed by atoms with Crippen LogP contribution in [0.25, 0.3) is 0 Å². The number of benzene rings is 1. The molecule has 3 rings (SSSR count). The molecule has 0 radical (unpaired) electrons. The van der Waals surface area contributed by atoms with Crippen molar-refractivity contribution in [3.05, 3.63) is 59.7 Å². The van der Waals surface area contributed by atoms with Gasteiger partial charge in [0, 0.05) is 6.61 Å². The largest absolute Gasteiger partial charge is 0.378 e. The predicted octanol–water partition coefficient (Wildman–Crippen LogP) is 6.61. The van der Waals surface area contributed by atoms with Crippen molar-refractivity contribution in [3.63, 3.8) is 0 Å². The fourth-order valence-electron chi connectivity index (χ4n) is 4.45. The quantitative estimate of drug-likeness (QED) is 0.408. The van der Waals surface area contributed by atoms with Crippen molar-refractivity contribution < 1.29 is 13.5 Å². The van der Waals surface area contributed by atoms with Gasteiger partial charge in [0.25, 0.3) is 0 Å². The molecule has 0 heterocycles. The molecule has 150 valence electrons. The van der Waals surface area contributed by atoms with Gasteiger partial charge in [0.05, 0.1) is 6.10 Å². The van der Waals surface area contributed by atoms with Crippen LogP contribution in [0.2, 0.25) is 0 Å². The van der Waals surface area contributed by atoms with Crippen LogP contribution in [0.3, 0.4) is 0 Å². The Bertz CT molecular complexity index is 703. The maximum absolute atomic E-state index is 13.1. The van der Waals surface area contributed by atoms with Crippen LogP contribution < -0.4 is 0 Å². The Labute approximate surface area is 166 Å². The minimum Gasteiger partial charge on any atom is -0.378 e. The molecule has 4 heteroatoms. The predicted molar refractivity (Wildman–Crippen MR) is 107 cm³/mol. The number of hydrogen-bond donors (Lipinski definition) is 0. The summed E-state index contributed by atoms with van der Waals surface area (Å²) in [4.78, 5) is 0. The third kappa shape index (κ3) is 6.27. The summed E-state index contributed by atoms with van der Waals surface area (Å²) in [6.07, 6.45) is 14.1. The molecule has 2 aliphatic rings. The first-order chi connectivity index (χ1) is 13.6. The van der Waals surface area contributed by atoms with Crippen molar-refractivity contribution in [1.82, 2.24) is 0 Å². The van der Waals surface area contributed by atoms with Crippen LogP contribution >= 0.6 is 0 Å². The van der Waals surface area contributed by atoms with Crippen molar-refractivity contribution in [1.29, 1.82) is 5.26 Å². The molecule has 2 aliphatic carbocycles. The number of ether oxygens (including phenoxy) is 1. The van der Waals surface area contributed by atoms with E-state index in [2.05, 4.69) is 0 Å². The monoisotopic (exact) mass is 385 g/mol. The molecule has 2 fully saturated rings. The SMILES string of the molecule is N#CC(F)=CC=CC1CCC(OCC2CCC(c3ccc(F)cc3)CC2)CC1. The zero-order chi connectivity index (χ0) is 19.8. The summed E-state index contributed by atoms with van der Waals surface area (Å²) < 4.78 is 32.1. The van der Waals surface area contributed by atoms with Crippen molar-refractivity contribution in [3.8, 4) is 6.07 Å². The number of allylic oxidation sites excluding steroid dienone is 4. The smallest absolute Gasteiger partial charge is 0.199 e. The summed E-state index contributed by atoms with van der Waals surface area (Å²) in [5.74, 6) is 0.727. The van der Waals surface area contributed by atoms with Crippen molar-refractivity contribution >= 4 is 0 Å². The molecule has 28 heavy (non-hydrogen) atoms. The lowest BCUT2D eigenvalue weighted by atomic mass is 9.79. The third-order valence-electron chi connectivity index (χ3n) is 6.21. The molecule has 1 aromatic rings. The first kappa shape index (κ1) is 20.7. The lowest BCUT2D eigenvalue weighted by Gasteiger charge is -2.32. The highest BCUT2D eigenvalue weighted by Gasteiger charge is 2.25. The second kappa shape index (κ2) is 10.5. The number of rotatable bonds is 6. The van der Waals surface area contributed by atoms with E-state index in [1.807, 2.05) is 18.2 Å². The summed E-state index contributed by atoms with van der Waals surface area (Å²) >= 11 is 0. The topological polar surface area (TPSA) is 33.0 Å². The summed E-state index contributed by atoms with van der Waals surface area (Å²) in [6, 6.07) is 8.45. The molecule has 0 amide bonds. The van der Waals surface area contributed by atoms with Gasteiger partial charge in [-0.1, -0.05) is 24.3 Å². The van der Waals surface area contributed by atoms with Gasteiger partial charge in [-0.3, -0.25) is 0 Å². The number of hydrogen-bond acceptors (Lipinski definition) is 2. The van der Waals surface area contributed by atoms with Crippen molar-refractivity contribution in [2.75, 3.05) is 6.61 Å². The van der Waals surface area contributed by atoms with Crippen LogP contribution in [-0.2, 0) is 4.74 Å². The zero-order valence-electron chi connectivity index (χ0n) is 16.3. The molecule has 0 atom stereocenters. The Morgan fingerprint density at radius 1 is 1.04 bits per heavy atom. The van der Waals surface area contributed by atoms with Crippen LogP contribution in [-0.4, -0.2) is 12.7 Å². The fraction of sp³-hybridized carbons (Fsp3) is 0.542. The van der Waals surface area contributed by atoms with E-state index >= 15 is 0 Å². The van der Waals surface area contributed by atoms with Gasteiger partial charge in [0.1, 0.15) is 11.9 Å². The number of halogens is 2. The average Bonchev–Trinajstić information content (AvgIpc) is 2.74. The van der Waals surface area contributed by atoms with Gasteiger partial charge in [-0.25, -0.2) is 4.39 Å². The molecule has 0 saturated heterocycles. The van der Waals surface area contributed by atoms with Gasteiger partial charge < -0.3 is 4.74 Å².